The molecule has 0 unspecified atom stereocenters. The fourth-order valence-corrected chi connectivity index (χ4v) is 5.05. The van der Waals surface area contributed by atoms with E-state index in [1.807, 2.05) is 24.3 Å². The van der Waals surface area contributed by atoms with Crippen molar-refractivity contribution in [2.45, 2.75) is 44.2 Å². The molecule has 0 spiro atoms. The highest BCUT2D eigenvalue weighted by molar-refractivity contribution is 6.01. The number of hydrogen-bond acceptors (Lipinski definition) is 7. The van der Waals surface area contributed by atoms with Crippen LogP contribution in [0.1, 0.15) is 41.6 Å². The van der Waals surface area contributed by atoms with Crippen molar-refractivity contribution in [3.63, 3.8) is 0 Å². The molecule has 1 saturated carbocycles. The van der Waals surface area contributed by atoms with E-state index in [0.29, 0.717) is 28.6 Å². The lowest BCUT2D eigenvalue weighted by atomic mass is 9.93. The summed E-state index contributed by atoms with van der Waals surface area (Å²) >= 11 is 0. The number of amides is 3. The van der Waals surface area contributed by atoms with Gasteiger partial charge in [-0.25, -0.2) is 14.6 Å². The molecule has 1 heterocycles. The van der Waals surface area contributed by atoms with Gasteiger partial charge < -0.3 is 35.3 Å². The summed E-state index contributed by atoms with van der Waals surface area (Å²) in [5.74, 6) is 0.818. The number of carbonyl (C=O) groups is 3. The molecule has 1 aromatic heterocycles. The minimum absolute atomic E-state index is 0.0244. The predicted octanol–water partition coefficient (Wildman–Crippen LogP) is 6.27. The van der Waals surface area contributed by atoms with Gasteiger partial charge in [-0.1, -0.05) is 30.3 Å². The number of methoxy groups -OCH3 is 1. The number of nitrogens with zero attached hydrogens (tertiary/aromatic N) is 1. The quantitative estimate of drug-likeness (QED) is 0.155. The fourth-order valence-electron chi connectivity index (χ4n) is 5.05. The molecule has 4 N–H and O–H groups in total. The number of aromatic carboxylic acids is 1. The van der Waals surface area contributed by atoms with E-state index in [2.05, 4.69) is 20.9 Å². The minimum atomic E-state index is -1.11. The third kappa shape index (κ3) is 8.73. The van der Waals surface area contributed by atoms with E-state index in [0.717, 1.165) is 31.4 Å². The molecule has 3 amide bonds. The van der Waals surface area contributed by atoms with Gasteiger partial charge in [0.15, 0.2) is 0 Å². The average molecular weight is 611 g/mol. The Bertz CT molecular complexity index is 1620. The second-order valence-corrected chi connectivity index (χ2v) is 10.5. The van der Waals surface area contributed by atoms with Crippen LogP contribution in [0.25, 0.3) is 0 Å². The zero-order valence-corrected chi connectivity index (χ0v) is 24.7. The summed E-state index contributed by atoms with van der Waals surface area (Å²) in [5, 5.41) is 17.8. The van der Waals surface area contributed by atoms with Gasteiger partial charge in [0.25, 0.3) is 0 Å². The van der Waals surface area contributed by atoms with Crippen LogP contribution in [0.2, 0.25) is 0 Å². The number of carbonyl (C=O) groups excluding carboxylic acids is 2. The average Bonchev–Trinajstić information content (AvgIpc) is 3.04. The first-order valence-corrected chi connectivity index (χ1v) is 14.6. The van der Waals surface area contributed by atoms with Crippen molar-refractivity contribution in [3.8, 4) is 23.1 Å². The Hall–Kier alpha value is -5.58. The molecule has 0 radical (unpaired) electrons. The van der Waals surface area contributed by atoms with Gasteiger partial charge in [0.05, 0.1) is 36.6 Å². The van der Waals surface area contributed by atoms with Crippen molar-refractivity contribution >= 4 is 29.3 Å². The second-order valence-electron chi connectivity index (χ2n) is 10.5. The molecule has 232 valence electrons. The third-order valence-corrected chi connectivity index (χ3v) is 7.31. The van der Waals surface area contributed by atoms with Crippen LogP contribution in [0.4, 0.5) is 16.2 Å². The molecule has 11 nitrogen and oxygen atoms in total. The highest BCUT2D eigenvalue weighted by Crippen LogP contribution is 2.28. The molecule has 0 atom stereocenters. The molecular weight excluding hydrogens is 576 g/mol. The van der Waals surface area contributed by atoms with Gasteiger partial charge in [0, 0.05) is 18.3 Å². The van der Waals surface area contributed by atoms with Gasteiger partial charge in [-0.3, -0.25) is 4.79 Å². The topological polar surface area (TPSA) is 148 Å². The van der Waals surface area contributed by atoms with Crippen molar-refractivity contribution in [2.75, 3.05) is 17.7 Å². The molecular formula is C34H34N4O7. The smallest absolute Gasteiger partial charge is 0.337 e. The molecule has 11 heteroatoms. The van der Waals surface area contributed by atoms with Crippen LogP contribution >= 0.6 is 0 Å². The van der Waals surface area contributed by atoms with Crippen LogP contribution in [-0.4, -0.2) is 47.3 Å². The lowest BCUT2D eigenvalue weighted by Gasteiger charge is -2.29. The van der Waals surface area contributed by atoms with E-state index in [4.69, 9.17) is 14.2 Å². The van der Waals surface area contributed by atoms with Gasteiger partial charge in [0.1, 0.15) is 17.2 Å². The largest absolute Gasteiger partial charge is 0.495 e. The Labute approximate surface area is 260 Å². The number of hydrogen-bond donors (Lipinski definition) is 4. The standard InChI is InChI=1S/C34H34N4O7/c1-43-30-9-5-4-8-29(30)38-34(42)36-23-11-13-24(14-12-23)44-25-15-17-26(18-16-25)45-32-19-10-22(21-35-32)20-31(39)37-28-7-3-2-6-27(28)33(40)41/h2-10,15-19,21,23-24H,11-14,20H2,1H3,(H,37,39)(H,40,41)(H2,36,38,42). The van der Waals surface area contributed by atoms with Crippen LogP contribution < -0.4 is 30.2 Å². The molecule has 4 aromatic rings. The number of pyridine rings is 1. The third-order valence-electron chi connectivity index (χ3n) is 7.31. The van der Waals surface area contributed by atoms with Gasteiger partial charge in [-0.05, 0) is 79.8 Å². The number of para-hydroxylation sites is 3. The molecule has 3 aromatic carbocycles. The van der Waals surface area contributed by atoms with Crippen LogP contribution in [0.15, 0.2) is 91.1 Å². The van der Waals surface area contributed by atoms with E-state index in [1.54, 1.807) is 67.9 Å². The normalized spacial score (nSPS) is 15.8. The van der Waals surface area contributed by atoms with Crippen LogP contribution in [0, 0.1) is 0 Å². The summed E-state index contributed by atoms with van der Waals surface area (Å²) < 4.78 is 17.3. The fraction of sp³-hybridized carbons (Fsp3) is 0.235. The van der Waals surface area contributed by atoms with Crippen LogP contribution in [0.5, 0.6) is 23.1 Å². The zero-order chi connectivity index (χ0) is 31.6. The van der Waals surface area contributed by atoms with E-state index >= 15 is 0 Å². The summed E-state index contributed by atoms with van der Waals surface area (Å²) in [6, 6.07) is 24.0. The van der Waals surface area contributed by atoms with Crippen LogP contribution in [-0.2, 0) is 11.2 Å². The molecule has 1 aliphatic rings. The zero-order valence-electron chi connectivity index (χ0n) is 24.7. The van der Waals surface area contributed by atoms with E-state index in [1.165, 1.54) is 6.07 Å². The van der Waals surface area contributed by atoms with Gasteiger partial charge in [0.2, 0.25) is 11.8 Å². The lowest BCUT2D eigenvalue weighted by molar-refractivity contribution is -0.115. The minimum Gasteiger partial charge on any atom is -0.495 e. The first-order chi connectivity index (χ1) is 21.9. The van der Waals surface area contributed by atoms with Crippen molar-refractivity contribution in [1.82, 2.24) is 10.3 Å². The number of benzene rings is 3. The maximum atomic E-state index is 12.5. The summed E-state index contributed by atoms with van der Waals surface area (Å²) in [6.45, 7) is 0. The number of rotatable bonds is 11. The highest BCUT2D eigenvalue weighted by Gasteiger charge is 2.24. The summed E-state index contributed by atoms with van der Waals surface area (Å²) in [4.78, 5) is 40.6. The number of aromatic nitrogens is 1. The Morgan fingerprint density at radius 2 is 1.51 bits per heavy atom. The van der Waals surface area contributed by atoms with Crippen molar-refractivity contribution < 1.29 is 33.7 Å². The molecule has 0 saturated heterocycles. The Kier molecular flexibility index (Phi) is 10.1. The Morgan fingerprint density at radius 3 is 2.20 bits per heavy atom. The SMILES string of the molecule is COc1ccccc1NC(=O)NC1CCC(Oc2ccc(Oc3ccc(CC(=O)Nc4ccccc4C(=O)O)cn3)cc2)CC1. The van der Waals surface area contributed by atoms with E-state index in [9.17, 15) is 19.5 Å². The van der Waals surface area contributed by atoms with Gasteiger partial charge >= 0.3 is 12.0 Å². The number of nitrogens with one attached hydrogen (secondary N) is 3. The van der Waals surface area contributed by atoms with Crippen molar-refractivity contribution in [3.05, 3.63) is 102 Å². The number of anilines is 2. The number of ether oxygens (including phenoxy) is 3. The summed E-state index contributed by atoms with van der Waals surface area (Å²) in [7, 11) is 1.57. The second kappa shape index (κ2) is 14.7. The number of carboxylic acid groups (broad SMARTS) is 1. The maximum absolute atomic E-state index is 12.5. The Morgan fingerprint density at radius 1 is 0.822 bits per heavy atom. The number of urea groups is 1. The monoisotopic (exact) mass is 610 g/mol. The molecule has 5 rings (SSSR count). The Balaban J connectivity index is 1.04. The van der Waals surface area contributed by atoms with E-state index < -0.39 is 5.97 Å². The van der Waals surface area contributed by atoms with Gasteiger partial charge in [-0.2, -0.15) is 0 Å². The van der Waals surface area contributed by atoms with Crippen molar-refractivity contribution in [1.29, 1.82) is 0 Å². The molecule has 0 bridgehead atoms. The molecule has 1 aliphatic carbocycles. The lowest BCUT2D eigenvalue weighted by Crippen LogP contribution is -2.41. The predicted molar refractivity (Wildman–Crippen MR) is 168 cm³/mol. The molecule has 45 heavy (non-hydrogen) atoms. The van der Waals surface area contributed by atoms with E-state index in [-0.39, 0.29) is 41.8 Å². The first-order valence-electron chi connectivity index (χ1n) is 14.6. The number of carboxylic acids is 1. The summed E-state index contributed by atoms with van der Waals surface area (Å²) in [5.41, 5.74) is 1.54. The maximum Gasteiger partial charge on any atom is 0.337 e. The van der Waals surface area contributed by atoms with Crippen LogP contribution in [0.3, 0.4) is 0 Å². The summed E-state index contributed by atoms with van der Waals surface area (Å²) in [6.07, 6.45) is 4.88. The first kappa shape index (κ1) is 30.9. The highest BCUT2D eigenvalue weighted by atomic mass is 16.5. The van der Waals surface area contributed by atoms with Gasteiger partial charge in [-0.15, -0.1) is 0 Å². The molecule has 1 fully saturated rings. The van der Waals surface area contributed by atoms with Crippen molar-refractivity contribution in [2.24, 2.45) is 0 Å². The molecule has 0 aliphatic heterocycles.